The number of carbonyl (C=O) groups excluding carboxylic acids is 1. The second kappa shape index (κ2) is 4.15. The number of rotatable bonds is 3. The third kappa shape index (κ3) is 2.03. The molecule has 0 bridgehead atoms. The van der Waals surface area contributed by atoms with E-state index in [-0.39, 0.29) is 17.8 Å². The van der Waals surface area contributed by atoms with Gasteiger partial charge in [0.25, 0.3) is 0 Å². The van der Waals surface area contributed by atoms with Crippen LogP contribution in [0.4, 0.5) is 4.39 Å². The van der Waals surface area contributed by atoms with Crippen molar-refractivity contribution in [2.24, 2.45) is 5.92 Å². The fraction of sp³-hybridized carbons (Fsp3) is 0.545. The molecule has 0 saturated heterocycles. The number of aromatic nitrogens is 2. The van der Waals surface area contributed by atoms with E-state index in [1.165, 1.54) is 0 Å². The summed E-state index contributed by atoms with van der Waals surface area (Å²) < 4.78 is 17.8. The number of hydrogen-bond acceptors (Lipinski definition) is 4. The largest absolute Gasteiger partial charge is 0.466 e. The summed E-state index contributed by atoms with van der Waals surface area (Å²) >= 11 is 0. The highest BCUT2D eigenvalue weighted by Gasteiger charge is 2.47. The number of aryl methyl sites for hydroxylation is 1. The Hall–Kier alpha value is -1.52. The lowest BCUT2D eigenvalue weighted by Crippen LogP contribution is -2.08. The molecule has 0 N–H and O–H groups in total. The second-order valence-electron chi connectivity index (χ2n) is 3.86. The molecule has 1 aromatic heterocycles. The first-order valence-electron chi connectivity index (χ1n) is 5.29. The van der Waals surface area contributed by atoms with Gasteiger partial charge in [0, 0.05) is 5.92 Å². The minimum absolute atomic E-state index is 0.00153. The highest BCUT2D eigenvalue weighted by molar-refractivity contribution is 5.77. The smallest absolute Gasteiger partial charge is 0.309 e. The Morgan fingerprint density at radius 1 is 1.69 bits per heavy atom. The van der Waals surface area contributed by atoms with Crippen molar-refractivity contribution in [3.63, 3.8) is 0 Å². The number of esters is 1. The van der Waals surface area contributed by atoms with Crippen LogP contribution in [0.5, 0.6) is 0 Å². The van der Waals surface area contributed by atoms with Crippen molar-refractivity contribution in [1.29, 1.82) is 0 Å². The van der Waals surface area contributed by atoms with Crippen LogP contribution >= 0.6 is 0 Å². The Bertz CT molecular complexity index is 422. The van der Waals surface area contributed by atoms with Crippen molar-refractivity contribution < 1.29 is 13.9 Å². The summed E-state index contributed by atoms with van der Waals surface area (Å²) in [6.07, 6.45) is 1.85. The molecule has 0 radical (unpaired) electrons. The molecule has 2 rings (SSSR count). The molecule has 0 amide bonds. The summed E-state index contributed by atoms with van der Waals surface area (Å²) in [5.41, 5.74) is 0.319. The topological polar surface area (TPSA) is 52.1 Å². The molecule has 0 unspecified atom stereocenters. The summed E-state index contributed by atoms with van der Waals surface area (Å²) in [4.78, 5) is 19.3. The first kappa shape index (κ1) is 11.0. The lowest BCUT2D eigenvalue weighted by atomic mass is 10.3. The van der Waals surface area contributed by atoms with Crippen LogP contribution in [0.25, 0.3) is 0 Å². The summed E-state index contributed by atoms with van der Waals surface area (Å²) in [6, 6.07) is 0. The van der Waals surface area contributed by atoms with E-state index in [1.807, 2.05) is 0 Å². The van der Waals surface area contributed by atoms with Crippen molar-refractivity contribution in [3.8, 4) is 0 Å². The lowest BCUT2D eigenvalue weighted by molar-refractivity contribution is -0.144. The summed E-state index contributed by atoms with van der Waals surface area (Å²) in [5, 5.41) is 0. The Labute approximate surface area is 92.9 Å². The van der Waals surface area contributed by atoms with Crippen LogP contribution in [0.3, 0.4) is 0 Å². The molecule has 1 saturated carbocycles. The van der Waals surface area contributed by atoms with Crippen LogP contribution in [-0.2, 0) is 9.53 Å². The molecule has 86 valence electrons. The van der Waals surface area contributed by atoms with Crippen molar-refractivity contribution in [1.82, 2.24) is 9.97 Å². The molecule has 1 aliphatic rings. The third-order valence-electron chi connectivity index (χ3n) is 2.65. The van der Waals surface area contributed by atoms with Gasteiger partial charge in [0.05, 0.1) is 24.4 Å². The maximum atomic E-state index is 12.9. The molecule has 1 aromatic rings. The zero-order chi connectivity index (χ0) is 11.7. The molecule has 4 nitrogen and oxygen atoms in total. The quantitative estimate of drug-likeness (QED) is 0.731. The molecule has 1 aliphatic carbocycles. The average Bonchev–Trinajstić information content (AvgIpc) is 3.02. The van der Waals surface area contributed by atoms with Gasteiger partial charge < -0.3 is 4.74 Å². The van der Waals surface area contributed by atoms with E-state index in [2.05, 4.69) is 9.97 Å². The van der Waals surface area contributed by atoms with Gasteiger partial charge in [-0.25, -0.2) is 14.4 Å². The first-order chi connectivity index (χ1) is 7.63. The molecule has 5 heteroatoms. The van der Waals surface area contributed by atoms with Gasteiger partial charge in [0.1, 0.15) is 5.82 Å². The van der Waals surface area contributed by atoms with Gasteiger partial charge in [-0.1, -0.05) is 0 Å². The number of halogens is 1. The zero-order valence-corrected chi connectivity index (χ0v) is 9.24. The van der Waals surface area contributed by atoms with Gasteiger partial charge in [0.15, 0.2) is 5.82 Å². The first-order valence-corrected chi connectivity index (χ1v) is 5.29. The SMILES string of the molecule is CCOC(=O)[C@H]1C[C@@H]1c1ncc(F)c(C)n1. The molecule has 0 aliphatic heterocycles. The van der Waals surface area contributed by atoms with Crippen molar-refractivity contribution in [3.05, 3.63) is 23.5 Å². The molecular weight excluding hydrogens is 211 g/mol. The molecule has 0 aromatic carbocycles. The fourth-order valence-electron chi connectivity index (χ4n) is 1.64. The Balaban J connectivity index is 2.06. The predicted octanol–water partition coefficient (Wildman–Crippen LogP) is 1.59. The molecule has 1 fully saturated rings. The molecule has 16 heavy (non-hydrogen) atoms. The standard InChI is InChI=1S/C11H13FN2O2/c1-3-16-11(15)8-4-7(8)10-13-5-9(12)6(2)14-10/h5,7-8H,3-4H2,1-2H3/t7-,8-/m0/s1. The minimum Gasteiger partial charge on any atom is -0.466 e. The second-order valence-corrected chi connectivity index (χ2v) is 3.86. The summed E-state index contributed by atoms with van der Waals surface area (Å²) in [7, 11) is 0. The molecule has 2 atom stereocenters. The van der Waals surface area contributed by atoms with Crippen LogP contribution in [-0.4, -0.2) is 22.5 Å². The van der Waals surface area contributed by atoms with Gasteiger partial charge in [0.2, 0.25) is 0 Å². The van der Waals surface area contributed by atoms with E-state index in [0.717, 1.165) is 6.20 Å². The fourth-order valence-corrected chi connectivity index (χ4v) is 1.64. The van der Waals surface area contributed by atoms with Crippen LogP contribution in [0.1, 0.15) is 30.8 Å². The Kier molecular flexibility index (Phi) is 2.85. The summed E-state index contributed by atoms with van der Waals surface area (Å²) in [5.74, 6) is -0.240. The van der Waals surface area contributed by atoms with Crippen LogP contribution in [0, 0.1) is 18.7 Å². The van der Waals surface area contributed by atoms with Crippen LogP contribution < -0.4 is 0 Å². The maximum Gasteiger partial charge on any atom is 0.309 e. The monoisotopic (exact) mass is 224 g/mol. The van der Waals surface area contributed by atoms with Crippen molar-refractivity contribution in [2.75, 3.05) is 6.61 Å². The van der Waals surface area contributed by atoms with Crippen LogP contribution in [0.2, 0.25) is 0 Å². The highest BCUT2D eigenvalue weighted by atomic mass is 19.1. The number of nitrogens with zero attached hydrogens (tertiary/aromatic N) is 2. The van der Waals surface area contributed by atoms with E-state index in [0.29, 0.717) is 24.5 Å². The number of carbonyl (C=O) groups is 1. The number of hydrogen-bond donors (Lipinski definition) is 0. The van der Waals surface area contributed by atoms with E-state index in [4.69, 9.17) is 4.74 Å². The highest BCUT2D eigenvalue weighted by Crippen LogP contribution is 2.46. The van der Waals surface area contributed by atoms with Crippen molar-refractivity contribution >= 4 is 5.97 Å². The average molecular weight is 224 g/mol. The molecular formula is C11H13FN2O2. The van der Waals surface area contributed by atoms with E-state index in [1.54, 1.807) is 13.8 Å². The predicted molar refractivity (Wildman–Crippen MR) is 54.2 cm³/mol. The van der Waals surface area contributed by atoms with Gasteiger partial charge in [-0.2, -0.15) is 0 Å². The van der Waals surface area contributed by atoms with Gasteiger partial charge in [-0.05, 0) is 20.3 Å². The molecule has 1 heterocycles. The van der Waals surface area contributed by atoms with E-state index in [9.17, 15) is 9.18 Å². The minimum atomic E-state index is -0.419. The van der Waals surface area contributed by atoms with Gasteiger partial charge in [-0.3, -0.25) is 4.79 Å². The van der Waals surface area contributed by atoms with Crippen LogP contribution in [0.15, 0.2) is 6.20 Å². The third-order valence-corrected chi connectivity index (χ3v) is 2.65. The number of ether oxygens (including phenoxy) is 1. The van der Waals surface area contributed by atoms with Crippen molar-refractivity contribution in [2.45, 2.75) is 26.2 Å². The molecule has 0 spiro atoms. The Morgan fingerprint density at radius 2 is 2.44 bits per heavy atom. The van der Waals surface area contributed by atoms with Gasteiger partial charge >= 0.3 is 5.97 Å². The maximum absolute atomic E-state index is 12.9. The zero-order valence-electron chi connectivity index (χ0n) is 9.24. The lowest BCUT2D eigenvalue weighted by Gasteiger charge is -2.01. The van der Waals surface area contributed by atoms with E-state index >= 15 is 0 Å². The van der Waals surface area contributed by atoms with Gasteiger partial charge in [-0.15, -0.1) is 0 Å². The Morgan fingerprint density at radius 3 is 3.06 bits per heavy atom. The normalized spacial score (nSPS) is 22.9. The summed E-state index contributed by atoms with van der Waals surface area (Å²) in [6.45, 7) is 3.74. The van der Waals surface area contributed by atoms with E-state index < -0.39 is 5.82 Å².